The number of rotatable bonds is 4. The van der Waals surface area contributed by atoms with Crippen LogP contribution in [0.5, 0.6) is 0 Å². The molecule has 22 heavy (non-hydrogen) atoms. The summed E-state index contributed by atoms with van der Waals surface area (Å²) in [6.45, 7) is 2.20. The smallest absolute Gasteiger partial charge is 0.247 e. The molecule has 1 fully saturated rings. The first kappa shape index (κ1) is 15.2. The van der Waals surface area contributed by atoms with Gasteiger partial charge < -0.3 is 0 Å². The molecule has 3 heteroatoms. The van der Waals surface area contributed by atoms with E-state index >= 15 is 0 Å². The monoisotopic (exact) mass is 311 g/mol. The minimum atomic E-state index is -2.94. The minimum absolute atomic E-state index is 0.501. The molecule has 1 aliphatic carbocycles. The lowest BCUT2D eigenvalue weighted by Crippen LogP contribution is -2.17. The maximum atomic E-state index is 13.8. The zero-order valence-corrected chi connectivity index (χ0v) is 13.9. The highest BCUT2D eigenvalue weighted by Crippen LogP contribution is 2.47. The van der Waals surface area contributed by atoms with Crippen LogP contribution in [0.3, 0.4) is 0 Å². The Labute approximate surface area is 132 Å². The Kier molecular flexibility index (Phi) is 4.59. The zero-order valence-electron chi connectivity index (χ0n) is 13.0. The fraction of sp³-hybridized carbons (Fsp3) is 0.316. The summed E-state index contributed by atoms with van der Waals surface area (Å²) in [5.41, 5.74) is 1.15. The fourth-order valence-electron chi connectivity index (χ4n) is 3.18. The van der Waals surface area contributed by atoms with Crippen LogP contribution in [0.2, 0.25) is 0 Å². The molecule has 114 valence electrons. The highest BCUT2D eigenvalue weighted by molar-refractivity contribution is 7.77. The summed E-state index contributed by atoms with van der Waals surface area (Å²) in [6.07, 6.45) is 4.42. The van der Waals surface area contributed by atoms with Gasteiger partial charge >= 0.3 is 0 Å². The Morgan fingerprint density at radius 1 is 1.00 bits per heavy atom. The molecule has 0 aromatic heterocycles. The van der Waals surface area contributed by atoms with Gasteiger partial charge in [-0.1, -0.05) is 43.3 Å². The van der Waals surface area contributed by atoms with Gasteiger partial charge in [0.2, 0.25) is 7.29 Å². The molecule has 1 aliphatic rings. The van der Waals surface area contributed by atoms with Crippen LogP contribution < -0.4 is 10.6 Å². The van der Waals surface area contributed by atoms with Gasteiger partial charge in [-0.3, -0.25) is 4.57 Å². The van der Waals surface area contributed by atoms with E-state index in [-0.39, 0.29) is 0 Å². The molecular weight excluding hydrogens is 289 g/mol. The van der Waals surface area contributed by atoms with E-state index in [0.29, 0.717) is 5.92 Å². The molecule has 1 saturated carbocycles. The molecule has 0 aliphatic heterocycles. The van der Waals surface area contributed by atoms with E-state index in [1.54, 1.807) is 0 Å². The molecule has 0 saturated heterocycles. The lowest BCUT2D eigenvalue weighted by Gasteiger charge is -2.17. The van der Waals surface area contributed by atoms with E-state index in [9.17, 15) is 4.57 Å². The number of hydrogen-bond acceptors (Lipinski definition) is 1. The summed E-state index contributed by atoms with van der Waals surface area (Å²) in [7, 11) is -2.94. The summed E-state index contributed by atoms with van der Waals surface area (Å²) in [5, 5.41) is 1.66. The molecular formula is C19H22NOP. The molecule has 1 unspecified atom stereocenters. The summed E-state index contributed by atoms with van der Waals surface area (Å²) >= 11 is 0. The topological polar surface area (TPSA) is 29.4 Å². The van der Waals surface area contributed by atoms with E-state index in [0.717, 1.165) is 29.2 Å². The predicted molar refractivity (Wildman–Crippen MR) is 94.8 cm³/mol. The van der Waals surface area contributed by atoms with Crippen LogP contribution in [0.15, 0.2) is 65.4 Å². The Morgan fingerprint density at radius 2 is 1.55 bits per heavy atom. The maximum Gasteiger partial charge on any atom is 0.247 e. The number of hydrogen-bond donors (Lipinski definition) is 0. The van der Waals surface area contributed by atoms with Gasteiger partial charge in [-0.05, 0) is 55.9 Å². The lowest BCUT2D eigenvalue weighted by molar-refractivity contribution is 0.587. The van der Waals surface area contributed by atoms with Crippen molar-refractivity contribution >= 4 is 23.6 Å². The van der Waals surface area contributed by atoms with Crippen molar-refractivity contribution in [3.05, 3.63) is 60.7 Å². The van der Waals surface area contributed by atoms with Crippen LogP contribution in [0.1, 0.15) is 32.6 Å². The molecule has 0 amide bonds. The quantitative estimate of drug-likeness (QED) is 0.761. The third-order valence-electron chi connectivity index (χ3n) is 4.43. The first-order valence-electron chi connectivity index (χ1n) is 8.04. The van der Waals surface area contributed by atoms with E-state index < -0.39 is 7.29 Å². The van der Waals surface area contributed by atoms with Gasteiger partial charge in [0.05, 0.1) is 0 Å². The van der Waals surface area contributed by atoms with Crippen LogP contribution in [-0.4, -0.2) is 5.71 Å². The van der Waals surface area contributed by atoms with Crippen molar-refractivity contribution in [2.45, 2.75) is 32.6 Å². The standard InChI is InChI=1S/C19H22NOP/c1-2-16-10-9-15-19(16)20-22(21,17-11-5-3-6-12-17)18-13-7-4-8-14-18/h3-8,11-14,16H,2,9-10,15H2,1H3/b20-19+. The van der Waals surface area contributed by atoms with E-state index in [1.165, 1.54) is 12.8 Å². The molecule has 3 rings (SSSR count). The van der Waals surface area contributed by atoms with Crippen molar-refractivity contribution < 1.29 is 4.57 Å². The minimum Gasteiger partial charge on any atom is -0.288 e. The Balaban J connectivity index is 2.13. The molecule has 2 aromatic carbocycles. The second-order valence-electron chi connectivity index (χ2n) is 5.84. The van der Waals surface area contributed by atoms with Gasteiger partial charge in [0.25, 0.3) is 0 Å². The molecule has 0 heterocycles. The average molecular weight is 311 g/mol. The highest BCUT2D eigenvalue weighted by atomic mass is 31.2. The second kappa shape index (κ2) is 6.62. The summed E-state index contributed by atoms with van der Waals surface area (Å²) in [5.74, 6) is 0.501. The average Bonchev–Trinajstić information content (AvgIpc) is 3.03. The van der Waals surface area contributed by atoms with Gasteiger partial charge in [0.1, 0.15) is 0 Å². The molecule has 2 nitrogen and oxygen atoms in total. The number of benzene rings is 2. The molecule has 1 atom stereocenters. The van der Waals surface area contributed by atoms with Gasteiger partial charge in [0, 0.05) is 16.3 Å². The van der Waals surface area contributed by atoms with Crippen molar-refractivity contribution in [1.29, 1.82) is 0 Å². The largest absolute Gasteiger partial charge is 0.288 e. The normalized spacial score (nSPS) is 20.4. The van der Waals surface area contributed by atoms with Crippen LogP contribution in [0.4, 0.5) is 0 Å². The second-order valence-corrected chi connectivity index (χ2v) is 8.22. The first-order valence-corrected chi connectivity index (χ1v) is 9.70. The molecule has 2 aromatic rings. The van der Waals surface area contributed by atoms with E-state index in [1.807, 2.05) is 60.7 Å². The van der Waals surface area contributed by atoms with Crippen LogP contribution in [0, 0.1) is 5.92 Å². The summed E-state index contributed by atoms with van der Waals surface area (Å²) in [4.78, 5) is 0. The van der Waals surface area contributed by atoms with Crippen molar-refractivity contribution in [1.82, 2.24) is 0 Å². The van der Waals surface area contributed by atoms with Gasteiger partial charge in [-0.15, -0.1) is 0 Å². The van der Waals surface area contributed by atoms with Crippen molar-refractivity contribution in [3.63, 3.8) is 0 Å². The molecule has 0 bridgehead atoms. The van der Waals surface area contributed by atoms with Crippen molar-refractivity contribution in [2.75, 3.05) is 0 Å². The van der Waals surface area contributed by atoms with Gasteiger partial charge in [-0.2, -0.15) is 0 Å². The summed E-state index contributed by atoms with van der Waals surface area (Å²) in [6, 6.07) is 19.4. The molecule has 0 radical (unpaired) electrons. The van der Waals surface area contributed by atoms with Crippen LogP contribution in [-0.2, 0) is 4.57 Å². The first-order chi connectivity index (χ1) is 10.7. The number of nitrogens with zero attached hydrogens (tertiary/aromatic N) is 1. The third kappa shape index (κ3) is 2.94. The van der Waals surface area contributed by atoms with E-state index in [4.69, 9.17) is 4.76 Å². The molecule has 0 N–H and O–H groups in total. The lowest BCUT2D eigenvalue weighted by atomic mass is 10.0. The van der Waals surface area contributed by atoms with Crippen LogP contribution in [0.25, 0.3) is 0 Å². The third-order valence-corrected chi connectivity index (χ3v) is 6.97. The van der Waals surface area contributed by atoms with E-state index in [2.05, 4.69) is 6.92 Å². The predicted octanol–water partition coefficient (Wildman–Crippen LogP) is 4.57. The zero-order chi connectivity index (χ0) is 15.4. The van der Waals surface area contributed by atoms with Crippen LogP contribution >= 0.6 is 7.29 Å². The Bertz CT molecular complexity index is 650. The molecule has 0 spiro atoms. The van der Waals surface area contributed by atoms with Gasteiger partial charge in [-0.25, -0.2) is 4.76 Å². The Morgan fingerprint density at radius 3 is 2.05 bits per heavy atom. The maximum absolute atomic E-state index is 13.8. The van der Waals surface area contributed by atoms with Crippen molar-refractivity contribution in [3.8, 4) is 0 Å². The van der Waals surface area contributed by atoms with Crippen molar-refractivity contribution in [2.24, 2.45) is 10.7 Å². The highest BCUT2D eigenvalue weighted by Gasteiger charge is 2.30. The SMILES string of the molecule is CCC1CCC/C1=N\P(=O)(c1ccccc1)c1ccccc1. The fourth-order valence-corrected chi connectivity index (χ4v) is 5.48. The van der Waals surface area contributed by atoms with Gasteiger partial charge in [0.15, 0.2) is 0 Å². The Hall–Kier alpha value is -1.66. The summed E-state index contributed by atoms with van der Waals surface area (Å²) < 4.78 is 18.7.